The van der Waals surface area contributed by atoms with E-state index < -0.39 is 248 Å². The minimum Gasteiger partial charge on any atom is -0.394 e. The molecule has 2 saturated heterocycles. The number of unbranched alkanes of at least 4 members (excludes halogenated alkanes) is 13. The highest BCUT2D eigenvalue weighted by Crippen LogP contribution is 2.24. The standard InChI is InChI=1S/C87H134N22O21S/c1-3-5-7-8-9-10-11-12-13-14-15-16-20-34-74(116)108-131(129,130)40-26-35-73(115)96-49-75(117)98-69(51-110)83(125)105-68(45-72(88)114)82(124)104-67(43-56-47-93-53-97-56)81(123)107-70(52-111)84(126)101-62(30-6-4-2)77(119)102-64-37-36-57(112)48-92-38-24-23-32-61(76(89)118)99-80(122)66(42-55-46-95-60-31-22-21-29-59(55)60)103-78(120)63(33-25-39-94-87(90)91)100-79(121)65(41-54-27-18-17-19-28-54)106-85(127)71-44-58(113)50-109(71)86(64)128/h17-19,21-22,27-29,31,46-47,53,58,61-71,92,95,110-111,113H,3-16,20,23-26,30,32-45,48-52H2,1-2H3,(H2,88,114)(H2,89,118)(H,93,97)(H,96,115)(H,98,117)(H,99,122)(H,100,121)(H,101,126)(H,102,119)(H,103,120)(H,104,124)(H,105,125)(H,106,127)(H,107,123)(H,108,116)(H4,90,91,94)/t58-,61+,62+,63+,64+,65-,66+,67+,68+,69+,70+,71+/m1/s1. The van der Waals surface area contributed by atoms with Crippen LogP contribution in [0.15, 0.2) is 73.3 Å². The van der Waals surface area contributed by atoms with Crippen molar-refractivity contribution in [1.82, 2.24) is 93.7 Å². The number of rotatable bonds is 50. The number of nitrogens with two attached hydrogens (primary N) is 3. The van der Waals surface area contributed by atoms with Crippen LogP contribution in [0.25, 0.3) is 10.9 Å². The number of aromatic amines is 2. The molecule has 0 spiro atoms. The number of fused-ring (bicyclic) bond motifs is 2. The Labute approximate surface area is 761 Å². The van der Waals surface area contributed by atoms with Gasteiger partial charge in [0, 0.05) is 81.3 Å². The van der Waals surface area contributed by atoms with Crippen molar-refractivity contribution in [2.24, 2.45) is 17.2 Å². The number of H-pyrrole nitrogens is 2. The Kier molecular flexibility index (Phi) is 47.6. The fraction of sp³-hybridized carbons (Fsp3) is 0.609. The molecule has 0 bridgehead atoms. The maximum Gasteiger partial charge on any atom is 0.245 e. The van der Waals surface area contributed by atoms with Gasteiger partial charge in [0.25, 0.3) is 0 Å². The van der Waals surface area contributed by atoms with Gasteiger partial charge in [0.1, 0.15) is 72.2 Å². The number of aromatic nitrogens is 3. The van der Waals surface area contributed by atoms with E-state index in [0.29, 0.717) is 41.3 Å². The van der Waals surface area contributed by atoms with Crippen molar-refractivity contribution < 1.29 is 100 Å². The molecule has 2 aliphatic rings. The van der Waals surface area contributed by atoms with Crippen molar-refractivity contribution in [2.75, 3.05) is 51.7 Å². The van der Waals surface area contributed by atoms with Crippen LogP contribution in [0.1, 0.15) is 210 Å². The molecule has 2 fully saturated rings. The molecule has 15 amide bonds. The first kappa shape index (κ1) is 108. The van der Waals surface area contributed by atoms with Gasteiger partial charge in [-0.15, -0.1) is 0 Å². The molecule has 26 N–H and O–H groups in total. The molecule has 0 unspecified atom stereocenters. The van der Waals surface area contributed by atoms with Gasteiger partial charge in [-0.25, -0.2) is 13.4 Å². The number of Topliss-reactive ketones (excluding diaryl/α,β-unsaturated/α-hetero) is 1. The Morgan fingerprint density at radius 1 is 0.595 bits per heavy atom. The third kappa shape index (κ3) is 39.7. The molecule has 724 valence electrons. The molecule has 2 aromatic heterocycles. The molecule has 6 rings (SSSR count). The summed E-state index contributed by atoms with van der Waals surface area (Å²) in [6, 6.07) is -2.59. The number of amides is 15. The van der Waals surface area contributed by atoms with Crippen LogP contribution in [-0.4, -0.2) is 268 Å². The Bertz CT molecular complexity index is 4540. The highest BCUT2D eigenvalue weighted by Gasteiger charge is 2.44. The van der Waals surface area contributed by atoms with Gasteiger partial charge in [-0.1, -0.05) is 152 Å². The third-order valence-corrected chi connectivity index (χ3v) is 23.7. The second-order valence-electron chi connectivity index (χ2n) is 33.1. The van der Waals surface area contributed by atoms with E-state index in [1.165, 1.54) is 57.5 Å². The Morgan fingerprint density at radius 2 is 1.18 bits per heavy atom. The van der Waals surface area contributed by atoms with E-state index >= 15 is 14.4 Å². The van der Waals surface area contributed by atoms with Crippen LogP contribution >= 0.6 is 0 Å². The number of nitrogens with one attached hydrogen (secondary N) is 17. The number of benzene rings is 2. The summed E-state index contributed by atoms with van der Waals surface area (Å²) in [4.78, 5) is 235. The molecule has 131 heavy (non-hydrogen) atoms. The van der Waals surface area contributed by atoms with Gasteiger partial charge in [-0.05, 0) is 81.5 Å². The van der Waals surface area contributed by atoms with Gasteiger partial charge in [0.15, 0.2) is 5.96 Å². The van der Waals surface area contributed by atoms with E-state index in [2.05, 4.69) is 91.0 Å². The maximum atomic E-state index is 15.3. The molecular formula is C87H134N22O21S. The van der Waals surface area contributed by atoms with Crippen LogP contribution in [0.3, 0.4) is 0 Å². The molecular weight excluding hydrogens is 1720 g/mol. The Balaban J connectivity index is 1.14. The molecule has 43 nitrogen and oxygen atoms in total. The van der Waals surface area contributed by atoms with Crippen molar-refractivity contribution in [3.05, 3.63) is 90.1 Å². The molecule has 2 aliphatic heterocycles. The van der Waals surface area contributed by atoms with E-state index in [1.54, 1.807) is 61.7 Å². The highest BCUT2D eigenvalue weighted by molar-refractivity contribution is 7.90. The van der Waals surface area contributed by atoms with Crippen molar-refractivity contribution in [3.8, 4) is 0 Å². The van der Waals surface area contributed by atoms with Gasteiger partial charge >= 0.3 is 0 Å². The summed E-state index contributed by atoms with van der Waals surface area (Å²) in [5.74, 6) is -16.7. The predicted molar refractivity (Wildman–Crippen MR) is 481 cm³/mol. The number of aliphatic hydroxyl groups is 3. The van der Waals surface area contributed by atoms with Gasteiger partial charge < -0.3 is 117 Å². The van der Waals surface area contributed by atoms with Gasteiger partial charge in [-0.3, -0.25) is 86.8 Å². The largest absolute Gasteiger partial charge is 0.394 e. The zero-order valence-electron chi connectivity index (χ0n) is 74.7. The van der Waals surface area contributed by atoms with E-state index in [0.717, 1.165) is 37.0 Å². The van der Waals surface area contributed by atoms with E-state index in [4.69, 9.17) is 22.6 Å². The second-order valence-corrected chi connectivity index (χ2v) is 35.0. The van der Waals surface area contributed by atoms with Crippen molar-refractivity contribution in [2.45, 2.75) is 285 Å². The molecule has 4 heterocycles. The SMILES string of the molecule is CCCCCCCCCCCCCCCC(=O)NS(=O)(=O)CCCC(=O)NCC(=O)N[C@@H](CO)C(=O)N[C@@H](CC(N)=O)C(=O)N[C@@H](Cc1c[nH]cn1)C(=O)N[C@@H](CO)C(=O)N[C@@H](CCCC)C(=O)N[C@H]1CCC(=O)CNCCCC[C@@H](C(N)=O)NC(=O)[C@H](Cc2c[nH]c3ccccc23)NC(=O)[C@H](CCCNC(=N)N)NC(=O)[C@@H](Cc2ccccc2)NC(=O)[C@@H]2C[C@@H](O)CN2C1=O. The minimum absolute atomic E-state index is 0.00857. The van der Waals surface area contributed by atoms with Crippen LogP contribution in [0.2, 0.25) is 0 Å². The number of carbonyl (C=O) groups is 16. The zero-order valence-corrected chi connectivity index (χ0v) is 75.5. The number of hydrogen-bond acceptors (Lipinski definition) is 24. The van der Waals surface area contributed by atoms with Crippen LogP contribution in [0, 0.1) is 5.41 Å². The highest BCUT2D eigenvalue weighted by atomic mass is 32.2. The first-order valence-corrected chi connectivity index (χ1v) is 46.8. The van der Waals surface area contributed by atoms with Crippen molar-refractivity contribution >= 4 is 121 Å². The molecule has 0 radical (unpaired) electrons. The number of nitrogens with zero attached hydrogens (tertiary/aromatic N) is 2. The monoisotopic (exact) mass is 1850 g/mol. The molecule has 12 atom stereocenters. The number of primary amides is 2. The zero-order chi connectivity index (χ0) is 95.8. The number of sulfonamides is 1. The smallest absolute Gasteiger partial charge is 0.245 e. The molecule has 44 heteroatoms. The summed E-state index contributed by atoms with van der Waals surface area (Å²) in [6.07, 6.45) is 14.3. The number of carbonyl (C=O) groups excluding carboxylic acids is 16. The average Bonchev–Trinajstić information content (AvgIpc) is 1.69. The summed E-state index contributed by atoms with van der Waals surface area (Å²) >= 11 is 0. The lowest BCUT2D eigenvalue weighted by atomic mass is 10.0. The summed E-state index contributed by atoms with van der Waals surface area (Å²) in [5.41, 5.74) is 18.9. The normalized spacial score (nSPS) is 19.3. The van der Waals surface area contributed by atoms with Crippen LogP contribution in [-0.2, 0) is 106 Å². The van der Waals surface area contributed by atoms with E-state index in [-0.39, 0.29) is 95.5 Å². The maximum absolute atomic E-state index is 15.3. The number of imidazole rings is 1. The lowest BCUT2D eigenvalue weighted by Crippen LogP contribution is -2.61. The summed E-state index contributed by atoms with van der Waals surface area (Å²) in [5, 5.41) is 73.8. The van der Waals surface area contributed by atoms with Crippen LogP contribution in [0.5, 0.6) is 0 Å². The van der Waals surface area contributed by atoms with E-state index in [1.807, 2.05) is 10.8 Å². The van der Waals surface area contributed by atoms with Gasteiger partial charge in [0.2, 0.25) is 98.6 Å². The third-order valence-electron chi connectivity index (χ3n) is 22.3. The number of hydrogen-bond donors (Lipinski definition) is 23. The number of ketones is 1. The number of aliphatic hydroxyl groups excluding tert-OH is 3. The lowest BCUT2D eigenvalue weighted by Gasteiger charge is -2.31. The van der Waals surface area contributed by atoms with Crippen molar-refractivity contribution in [1.29, 1.82) is 5.41 Å². The van der Waals surface area contributed by atoms with Gasteiger partial charge in [-0.2, -0.15) is 0 Å². The number of guanidine groups is 1. The average molecular weight is 1860 g/mol. The summed E-state index contributed by atoms with van der Waals surface area (Å²) in [6.45, 7) is 0.249. The molecule has 0 aliphatic carbocycles. The first-order chi connectivity index (χ1) is 62.7. The molecule has 0 saturated carbocycles. The minimum atomic E-state index is -4.11. The van der Waals surface area contributed by atoms with E-state index in [9.17, 15) is 86.1 Å². The Morgan fingerprint density at radius 3 is 1.82 bits per heavy atom. The van der Waals surface area contributed by atoms with Crippen LogP contribution < -0.4 is 91.0 Å². The van der Waals surface area contributed by atoms with Gasteiger partial charge in [0.05, 0.1) is 56.6 Å². The quantitative estimate of drug-likeness (QED) is 0.0123. The fourth-order valence-electron chi connectivity index (χ4n) is 15.1. The first-order valence-electron chi connectivity index (χ1n) is 45.2. The summed E-state index contributed by atoms with van der Waals surface area (Å²) in [7, 11) is -4.11. The lowest BCUT2D eigenvalue weighted by molar-refractivity contribution is -0.143. The molecule has 4 aromatic rings. The molecule has 2 aromatic carbocycles. The fourth-order valence-corrected chi connectivity index (χ4v) is 16.2. The second kappa shape index (κ2) is 57.9. The topological polar surface area (TPSA) is 686 Å². The van der Waals surface area contributed by atoms with Crippen LogP contribution in [0.4, 0.5) is 0 Å². The Hall–Kier alpha value is -12.0. The summed E-state index contributed by atoms with van der Waals surface area (Å²) < 4.78 is 27.3. The number of para-hydroxylation sites is 1. The predicted octanol–water partition coefficient (Wildman–Crippen LogP) is -2.53. The van der Waals surface area contributed by atoms with Crippen molar-refractivity contribution in [3.63, 3.8) is 0 Å².